The Morgan fingerprint density at radius 3 is 2.78 bits per heavy atom. The van der Waals surface area contributed by atoms with Crippen LogP contribution in [0.15, 0.2) is 54.1 Å². The normalized spacial score (nSPS) is 12.8. The second kappa shape index (κ2) is 5.36. The van der Waals surface area contributed by atoms with Crippen molar-refractivity contribution in [2.45, 2.75) is 0 Å². The molecule has 0 aliphatic carbocycles. The summed E-state index contributed by atoms with van der Waals surface area (Å²) >= 11 is 0. The minimum absolute atomic E-state index is 0.585. The zero-order valence-corrected chi connectivity index (χ0v) is 10.6. The maximum Gasteiger partial charge on any atom is 0.217 e. The minimum atomic E-state index is 0.585. The average molecular weight is 240 g/mol. The van der Waals surface area contributed by atoms with Gasteiger partial charge in [0, 0.05) is 18.0 Å². The first-order valence-electron chi connectivity index (χ1n) is 5.72. The van der Waals surface area contributed by atoms with Gasteiger partial charge in [-0.15, -0.1) is 0 Å². The lowest BCUT2D eigenvalue weighted by Crippen LogP contribution is -2.04. The van der Waals surface area contributed by atoms with Crippen molar-refractivity contribution < 1.29 is 4.74 Å². The minimum Gasteiger partial charge on any atom is -0.481 e. The van der Waals surface area contributed by atoms with Crippen LogP contribution in [0.2, 0.25) is 0 Å². The van der Waals surface area contributed by atoms with E-state index < -0.39 is 0 Å². The molecule has 1 N–H and O–H groups in total. The molecule has 92 valence electrons. The molecule has 3 nitrogen and oxygen atoms in total. The summed E-state index contributed by atoms with van der Waals surface area (Å²) in [6, 6.07) is 10.2. The van der Waals surface area contributed by atoms with Gasteiger partial charge in [0.15, 0.2) is 0 Å². The topological polar surface area (TPSA) is 37.4 Å². The third-order valence-electron chi connectivity index (χ3n) is 2.73. The quantitative estimate of drug-likeness (QED) is 0.498. The summed E-state index contributed by atoms with van der Waals surface area (Å²) in [6.45, 7) is 3.73. The summed E-state index contributed by atoms with van der Waals surface area (Å²) in [6.07, 6.45) is 3.61. The Morgan fingerprint density at radius 2 is 2.17 bits per heavy atom. The zero-order chi connectivity index (χ0) is 13.0. The summed E-state index contributed by atoms with van der Waals surface area (Å²) in [4.78, 5) is 7.48. The van der Waals surface area contributed by atoms with Gasteiger partial charge in [-0.2, -0.15) is 0 Å². The van der Waals surface area contributed by atoms with Crippen LogP contribution in [-0.2, 0) is 4.74 Å². The first kappa shape index (κ1) is 12.2. The van der Waals surface area contributed by atoms with Crippen molar-refractivity contribution in [3.63, 3.8) is 0 Å². The van der Waals surface area contributed by atoms with Crippen LogP contribution in [0, 0.1) is 0 Å². The van der Waals surface area contributed by atoms with Crippen molar-refractivity contribution in [2.75, 3.05) is 14.2 Å². The molecule has 0 fully saturated rings. The summed E-state index contributed by atoms with van der Waals surface area (Å²) in [5.41, 5.74) is 2.96. The number of benzene rings is 1. The second-order valence-electron chi connectivity index (χ2n) is 3.82. The Kier molecular flexibility index (Phi) is 3.63. The molecule has 0 amide bonds. The Balaban J connectivity index is 2.55. The fourth-order valence-electron chi connectivity index (χ4n) is 1.93. The number of nitrogens with zero attached hydrogens (tertiary/aromatic N) is 1. The summed E-state index contributed by atoms with van der Waals surface area (Å²) in [5, 5.41) is 1.16. The number of aliphatic imine (C=N–C) groups is 1. The Labute approximate surface area is 107 Å². The molecule has 0 unspecified atom stereocenters. The van der Waals surface area contributed by atoms with E-state index in [1.807, 2.05) is 24.3 Å². The van der Waals surface area contributed by atoms with Gasteiger partial charge in [0.1, 0.15) is 0 Å². The van der Waals surface area contributed by atoms with E-state index >= 15 is 0 Å². The first-order valence-corrected chi connectivity index (χ1v) is 5.72. The van der Waals surface area contributed by atoms with E-state index in [1.165, 1.54) is 0 Å². The van der Waals surface area contributed by atoms with Crippen molar-refractivity contribution in [1.82, 2.24) is 4.98 Å². The monoisotopic (exact) mass is 240 g/mol. The van der Waals surface area contributed by atoms with Crippen LogP contribution >= 0.6 is 0 Å². The Morgan fingerprint density at radius 1 is 1.39 bits per heavy atom. The molecule has 1 aromatic carbocycles. The molecule has 2 rings (SSSR count). The Bertz CT molecular complexity index is 587. The molecule has 0 aliphatic rings. The van der Waals surface area contributed by atoms with Gasteiger partial charge in [-0.3, -0.25) is 4.99 Å². The largest absolute Gasteiger partial charge is 0.481 e. The molecule has 1 aromatic heterocycles. The molecule has 18 heavy (non-hydrogen) atoms. The molecular formula is C15H16N2O. The average Bonchev–Trinajstić information content (AvgIpc) is 2.82. The first-order chi connectivity index (χ1) is 8.80. The highest BCUT2D eigenvalue weighted by molar-refractivity contribution is 6.20. The highest BCUT2D eigenvalue weighted by atomic mass is 16.5. The van der Waals surface area contributed by atoms with Crippen LogP contribution in [0.3, 0.4) is 0 Å². The number of aromatic amines is 1. The van der Waals surface area contributed by atoms with Gasteiger partial charge in [-0.05, 0) is 18.2 Å². The number of fused-ring (bicyclic) bond motifs is 1. The number of hydrogen-bond donors (Lipinski definition) is 1. The summed E-state index contributed by atoms with van der Waals surface area (Å²) < 4.78 is 5.28. The number of hydrogen-bond acceptors (Lipinski definition) is 2. The number of rotatable bonds is 3. The van der Waals surface area contributed by atoms with Crippen molar-refractivity contribution in [3.8, 4) is 0 Å². The van der Waals surface area contributed by atoms with Crippen LogP contribution in [0.25, 0.3) is 16.5 Å². The van der Waals surface area contributed by atoms with E-state index in [0.717, 1.165) is 22.2 Å². The van der Waals surface area contributed by atoms with Crippen LogP contribution < -0.4 is 0 Å². The molecule has 0 saturated heterocycles. The van der Waals surface area contributed by atoms with E-state index in [4.69, 9.17) is 4.74 Å². The molecule has 2 aromatic rings. The standard InChI is InChI=1S/C15H16N2O/c1-4-7-12(15(16-2)18-3)14-10-11-8-5-6-9-13(11)17-14/h4-10,17H,1H2,2-3H3/b12-7-,16-15?. The summed E-state index contributed by atoms with van der Waals surface area (Å²) in [7, 11) is 3.32. The van der Waals surface area contributed by atoms with Crippen LogP contribution in [0.5, 0.6) is 0 Å². The van der Waals surface area contributed by atoms with Crippen LogP contribution in [-0.4, -0.2) is 25.0 Å². The lowest BCUT2D eigenvalue weighted by molar-refractivity contribution is 0.408. The second-order valence-corrected chi connectivity index (χ2v) is 3.82. The van der Waals surface area contributed by atoms with Gasteiger partial charge in [0.05, 0.1) is 18.4 Å². The SMILES string of the molecule is C=C/C=C(\C(=NC)OC)c1cc2ccccc2[nH]1. The van der Waals surface area contributed by atoms with Gasteiger partial charge in [-0.1, -0.05) is 30.9 Å². The van der Waals surface area contributed by atoms with Gasteiger partial charge in [0.2, 0.25) is 5.90 Å². The number of para-hydroxylation sites is 1. The number of nitrogens with one attached hydrogen (secondary N) is 1. The van der Waals surface area contributed by atoms with Crippen LogP contribution in [0.1, 0.15) is 5.69 Å². The van der Waals surface area contributed by atoms with Crippen molar-refractivity contribution in [1.29, 1.82) is 0 Å². The highest BCUT2D eigenvalue weighted by Crippen LogP contribution is 2.22. The van der Waals surface area contributed by atoms with E-state index in [9.17, 15) is 0 Å². The molecule has 3 heteroatoms. The molecule has 0 bridgehead atoms. The third kappa shape index (κ3) is 2.20. The number of methoxy groups -OCH3 is 1. The van der Waals surface area contributed by atoms with E-state index in [0.29, 0.717) is 5.90 Å². The fraction of sp³-hybridized carbons (Fsp3) is 0.133. The maximum absolute atomic E-state index is 5.28. The van der Waals surface area contributed by atoms with E-state index in [1.54, 1.807) is 20.2 Å². The number of H-pyrrole nitrogens is 1. The molecule has 0 spiro atoms. The molecule has 1 heterocycles. The highest BCUT2D eigenvalue weighted by Gasteiger charge is 2.11. The molecular weight excluding hydrogens is 224 g/mol. The third-order valence-corrected chi connectivity index (χ3v) is 2.73. The van der Waals surface area contributed by atoms with Crippen molar-refractivity contribution >= 4 is 22.4 Å². The lowest BCUT2D eigenvalue weighted by atomic mass is 10.1. The number of aromatic nitrogens is 1. The van der Waals surface area contributed by atoms with E-state index in [-0.39, 0.29) is 0 Å². The van der Waals surface area contributed by atoms with Gasteiger partial charge >= 0.3 is 0 Å². The van der Waals surface area contributed by atoms with Crippen LogP contribution in [0.4, 0.5) is 0 Å². The maximum atomic E-state index is 5.28. The number of allylic oxidation sites excluding steroid dienone is 2. The lowest BCUT2D eigenvalue weighted by Gasteiger charge is -2.06. The molecule has 0 saturated carbocycles. The van der Waals surface area contributed by atoms with E-state index in [2.05, 4.69) is 28.7 Å². The van der Waals surface area contributed by atoms with Gasteiger partial charge < -0.3 is 9.72 Å². The van der Waals surface area contributed by atoms with Gasteiger partial charge in [0.25, 0.3) is 0 Å². The fourth-order valence-corrected chi connectivity index (χ4v) is 1.93. The molecule has 0 atom stereocenters. The summed E-state index contributed by atoms with van der Waals surface area (Å²) in [5.74, 6) is 0.585. The predicted octanol–water partition coefficient (Wildman–Crippen LogP) is 3.41. The number of ether oxygens (including phenoxy) is 1. The molecule has 0 aliphatic heterocycles. The zero-order valence-electron chi connectivity index (χ0n) is 10.6. The molecule has 0 radical (unpaired) electrons. The van der Waals surface area contributed by atoms with Crippen molar-refractivity contribution in [3.05, 3.63) is 54.8 Å². The predicted molar refractivity (Wildman–Crippen MR) is 76.8 cm³/mol. The van der Waals surface area contributed by atoms with Crippen molar-refractivity contribution in [2.24, 2.45) is 4.99 Å². The Hall–Kier alpha value is -2.29. The smallest absolute Gasteiger partial charge is 0.217 e. The van der Waals surface area contributed by atoms with Gasteiger partial charge in [-0.25, -0.2) is 0 Å².